The van der Waals surface area contributed by atoms with Crippen LogP contribution in [0, 0.1) is 0 Å². The van der Waals surface area contributed by atoms with Gasteiger partial charge in [-0.1, -0.05) is 11.3 Å². The van der Waals surface area contributed by atoms with Crippen LogP contribution in [0.25, 0.3) is 10.3 Å². The van der Waals surface area contributed by atoms with Gasteiger partial charge in [0, 0.05) is 30.9 Å². The average molecular weight is 446 g/mol. The Balaban J connectivity index is 1.54. The molecule has 1 aliphatic heterocycles. The lowest BCUT2D eigenvalue weighted by Gasteiger charge is -2.14. The predicted molar refractivity (Wildman–Crippen MR) is 118 cm³/mol. The third-order valence-corrected chi connectivity index (χ3v) is 6.10. The number of rotatable bonds is 7. The first-order valence-corrected chi connectivity index (χ1v) is 10.6. The molecular weight excluding hydrogens is 422 g/mol. The van der Waals surface area contributed by atoms with Crippen molar-refractivity contribution in [1.29, 1.82) is 0 Å². The molecule has 1 fully saturated rings. The maximum absolute atomic E-state index is 12.9. The van der Waals surface area contributed by atoms with Gasteiger partial charge in [-0.3, -0.25) is 14.2 Å². The Morgan fingerprint density at radius 2 is 1.81 bits per heavy atom. The van der Waals surface area contributed by atoms with Crippen LogP contribution in [0.3, 0.4) is 0 Å². The largest absolute Gasteiger partial charge is 0.493 e. The topological polar surface area (TPSA) is 108 Å². The average Bonchev–Trinajstić information content (AvgIpc) is 3.45. The summed E-state index contributed by atoms with van der Waals surface area (Å²) >= 11 is 1.32. The molecular formula is C20H23N5O5S. The van der Waals surface area contributed by atoms with E-state index < -0.39 is 0 Å². The first kappa shape index (κ1) is 20.9. The number of benzene rings is 1. The van der Waals surface area contributed by atoms with Crippen molar-refractivity contribution in [3.05, 3.63) is 28.8 Å². The number of hydrogen-bond acceptors (Lipinski definition) is 9. The summed E-state index contributed by atoms with van der Waals surface area (Å²) < 4.78 is 17.6. The number of amides is 1. The SMILES string of the molecule is COc1cc(NC(=O)Cn2cnc3nc(N4CCCC4)sc3c2=O)cc(OC)c1OC. The summed E-state index contributed by atoms with van der Waals surface area (Å²) in [6, 6.07) is 3.24. The fraction of sp³-hybridized carbons (Fsp3) is 0.400. The quantitative estimate of drug-likeness (QED) is 0.589. The van der Waals surface area contributed by atoms with E-state index in [1.165, 1.54) is 43.6 Å². The fourth-order valence-corrected chi connectivity index (χ4v) is 4.52. The highest BCUT2D eigenvalue weighted by molar-refractivity contribution is 7.22. The second-order valence-corrected chi connectivity index (χ2v) is 7.96. The number of thiazole rings is 1. The number of fused-ring (bicyclic) bond motifs is 1. The maximum atomic E-state index is 12.9. The van der Waals surface area contributed by atoms with E-state index in [9.17, 15) is 9.59 Å². The number of anilines is 2. The molecule has 0 spiro atoms. The van der Waals surface area contributed by atoms with Crippen LogP contribution in [0.1, 0.15) is 12.8 Å². The molecule has 0 atom stereocenters. The summed E-state index contributed by atoms with van der Waals surface area (Å²) in [7, 11) is 4.49. The molecule has 164 valence electrons. The van der Waals surface area contributed by atoms with E-state index in [0.717, 1.165) is 31.1 Å². The number of nitrogens with one attached hydrogen (secondary N) is 1. The second kappa shape index (κ2) is 8.80. The molecule has 1 saturated heterocycles. The minimum atomic E-state index is -0.387. The van der Waals surface area contributed by atoms with Crippen LogP contribution in [0.15, 0.2) is 23.3 Å². The van der Waals surface area contributed by atoms with E-state index in [2.05, 4.69) is 20.2 Å². The molecule has 0 bridgehead atoms. The molecule has 1 aromatic carbocycles. The minimum absolute atomic E-state index is 0.185. The standard InChI is InChI=1S/C20H23N5O5S/c1-28-13-8-12(9-14(29-2)16(13)30-3)22-15(26)10-25-11-21-18-17(19(25)27)31-20(23-18)24-6-4-5-7-24/h8-9,11H,4-7,10H2,1-3H3,(H,22,26). The first-order chi connectivity index (χ1) is 15.0. The van der Waals surface area contributed by atoms with Crippen LogP contribution in [-0.2, 0) is 11.3 Å². The van der Waals surface area contributed by atoms with Crippen molar-refractivity contribution in [2.75, 3.05) is 44.6 Å². The molecule has 31 heavy (non-hydrogen) atoms. The Kier molecular flexibility index (Phi) is 5.94. The second-order valence-electron chi connectivity index (χ2n) is 6.98. The van der Waals surface area contributed by atoms with Crippen molar-refractivity contribution < 1.29 is 19.0 Å². The van der Waals surface area contributed by atoms with Crippen LogP contribution < -0.4 is 30.0 Å². The predicted octanol–water partition coefficient (Wildman–Crippen LogP) is 2.12. The van der Waals surface area contributed by atoms with E-state index in [1.54, 1.807) is 12.1 Å². The van der Waals surface area contributed by atoms with Crippen molar-refractivity contribution in [2.45, 2.75) is 19.4 Å². The zero-order chi connectivity index (χ0) is 22.0. The number of methoxy groups -OCH3 is 3. The highest BCUT2D eigenvalue weighted by atomic mass is 32.1. The Morgan fingerprint density at radius 3 is 2.42 bits per heavy atom. The lowest BCUT2D eigenvalue weighted by Crippen LogP contribution is -2.27. The van der Waals surface area contributed by atoms with Gasteiger partial charge in [-0.15, -0.1) is 0 Å². The van der Waals surface area contributed by atoms with Crippen LogP contribution >= 0.6 is 11.3 Å². The first-order valence-electron chi connectivity index (χ1n) is 9.74. The maximum Gasteiger partial charge on any atom is 0.273 e. The lowest BCUT2D eigenvalue weighted by molar-refractivity contribution is -0.116. The van der Waals surface area contributed by atoms with Crippen LogP contribution in [0.2, 0.25) is 0 Å². The van der Waals surface area contributed by atoms with Crippen molar-refractivity contribution in [3.63, 3.8) is 0 Å². The zero-order valence-electron chi connectivity index (χ0n) is 17.5. The Hall–Kier alpha value is -3.34. The summed E-state index contributed by atoms with van der Waals surface area (Å²) in [6.07, 6.45) is 3.59. The molecule has 1 N–H and O–H groups in total. The third kappa shape index (κ3) is 4.13. The number of carbonyl (C=O) groups excluding carboxylic acids is 1. The molecule has 2 aromatic heterocycles. The van der Waals surface area contributed by atoms with Gasteiger partial charge in [-0.2, -0.15) is 4.98 Å². The van der Waals surface area contributed by atoms with Gasteiger partial charge >= 0.3 is 0 Å². The zero-order valence-corrected chi connectivity index (χ0v) is 18.3. The van der Waals surface area contributed by atoms with Crippen LogP contribution in [-0.4, -0.2) is 54.9 Å². The molecule has 3 heterocycles. The highest BCUT2D eigenvalue weighted by Crippen LogP contribution is 2.39. The molecule has 1 aliphatic rings. The summed E-state index contributed by atoms with van der Waals surface area (Å²) in [5, 5.41) is 3.56. The number of aromatic nitrogens is 3. The summed E-state index contributed by atoms with van der Waals surface area (Å²) in [4.78, 5) is 36.4. The van der Waals surface area contributed by atoms with E-state index >= 15 is 0 Å². The number of hydrogen-bond donors (Lipinski definition) is 1. The van der Waals surface area contributed by atoms with Gasteiger partial charge in [0.1, 0.15) is 17.6 Å². The Bertz CT molecular complexity index is 1140. The summed E-state index contributed by atoms with van der Waals surface area (Å²) in [6.45, 7) is 1.69. The molecule has 0 saturated carbocycles. The molecule has 11 heteroatoms. The Morgan fingerprint density at radius 1 is 1.13 bits per heavy atom. The van der Waals surface area contributed by atoms with Crippen molar-refractivity contribution in [3.8, 4) is 17.2 Å². The van der Waals surface area contributed by atoms with Crippen LogP contribution in [0.4, 0.5) is 10.8 Å². The van der Waals surface area contributed by atoms with E-state index in [1.807, 2.05) is 0 Å². The fourth-order valence-electron chi connectivity index (χ4n) is 3.50. The number of ether oxygens (including phenoxy) is 3. The number of nitrogens with zero attached hydrogens (tertiary/aromatic N) is 4. The summed E-state index contributed by atoms with van der Waals surface area (Å²) in [5.74, 6) is 0.864. The van der Waals surface area contributed by atoms with E-state index in [-0.39, 0.29) is 18.0 Å². The highest BCUT2D eigenvalue weighted by Gasteiger charge is 2.20. The number of carbonyl (C=O) groups is 1. The van der Waals surface area contributed by atoms with Gasteiger partial charge in [-0.05, 0) is 12.8 Å². The van der Waals surface area contributed by atoms with Crippen molar-refractivity contribution >= 4 is 38.4 Å². The smallest absolute Gasteiger partial charge is 0.273 e. The molecule has 10 nitrogen and oxygen atoms in total. The van der Waals surface area contributed by atoms with Gasteiger partial charge in [0.05, 0.1) is 21.3 Å². The molecule has 0 radical (unpaired) electrons. The summed E-state index contributed by atoms with van der Waals surface area (Å²) in [5.41, 5.74) is 0.585. The molecule has 0 aliphatic carbocycles. The lowest BCUT2D eigenvalue weighted by atomic mass is 10.2. The van der Waals surface area contributed by atoms with Gasteiger partial charge < -0.3 is 24.4 Å². The minimum Gasteiger partial charge on any atom is -0.493 e. The van der Waals surface area contributed by atoms with E-state index in [0.29, 0.717) is 33.3 Å². The van der Waals surface area contributed by atoms with Crippen molar-refractivity contribution in [2.24, 2.45) is 0 Å². The van der Waals surface area contributed by atoms with Gasteiger partial charge in [0.25, 0.3) is 5.56 Å². The normalized spacial score (nSPS) is 13.5. The van der Waals surface area contributed by atoms with Gasteiger partial charge in [0.2, 0.25) is 11.7 Å². The Labute approximate surface area is 182 Å². The van der Waals surface area contributed by atoms with Gasteiger partial charge in [0.15, 0.2) is 22.3 Å². The van der Waals surface area contributed by atoms with Crippen molar-refractivity contribution in [1.82, 2.24) is 14.5 Å². The van der Waals surface area contributed by atoms with Gasteiger partial charge in [-0.25, -0.2) is 4.98 Å². The molecule has 4 rings (SSSR count). The van der Waals surface area contributed by atoms with E-state index in [4.69, 9.17) is 14.2 Å². The molecule has 3 aromatic rings. The monoisotopic (exact) mass is 445 g/mol. The molecule has 1 amide bonds. The third-order valence-electron chi connectivity index (χ3n) is 5.01. The molecule has 0 unspecified atom stereocenters. The van der Waals surface area contributed by atoms with Crippen LogP contribution in [0.5, 0.6) is 17.2 Å².